The fraction of sp³-hybridized carbons (Fsp3) is 0.538. The van der Waals surface area contributed by atoms with Crippen molar-refractivity contribution in [2.45, 2.75) is 32.0 Å². The number of aliphatic hydroxyl groups excluding tert-OH is 1. The van der Waals surface area contributed by atoms with Crippen molar-refractivity contribution in [2.75, 3.05) is 13.7 Å². The minimum absolute atomic E-state index is 0.133. The predicted octanol–water partition coefficient (Wildman–Crippen LogP) is 3.16. The number of ether oxygens (including phenoxy) is 1. The van der Waals surface area contributed by atoms with Crippen molar-refractivity contribution in [2.24, 2.45) is 0 Å². The summed E-state index contributed by atoms with van der Waals surface area (Å²) in [6.07, 6.45) is -1.55. The average Bonchev–Trinajstić information content (AvgIpc) is 2.36. The summed E-state index contributed by atoms with van der Waals surface area (Å²) in [5, 5.41) is 9.85. The van der Waals surface area contributed by atoms with Crippen LogP contribution in [0.2, 0.25) is 25.7 Å². The third-order valence-corrected chi connectivity index (χ3v) is 5.40. The molecule has 0 heterocycles. The molecule has 0 saturated heterocycles. The Labute approximate surface area is 126 Å². The molecule has 2 N–H and O–H groups in total. The quantitative estimate of drug-likeness (QED) is 0.431. The maximum absolute atomic E-state index is 11.8. The van der Waals surface area contributed by atoms with E-state index >= 15 is 0 Å². The molecule has 0 aliphatic rings. The smallest absolute Gasteiger partial charge is 0.474 e. The molecule has 0 fully saturated rings. The van der Waals surface area contributed by atoms with Crippen LogP contribution in [-0.2, 0) is 13.6 Å². The molecule has 0 spiro atoms. The topological polar surface area (TPSA) is 85.2 Å². The van der Waals surface area contributed by atoms with Crippen LogP contribution in [0.4, 0.5) is 0 Å². The Morgan fingerprint density at radius 1 is 1.33 bits per heavy atom. The summed E-state index contributed by atoms with van der Waals surface area (Å²) < 4.78 is 26.4. The molecule has 6 nitrogen and oxygen atoms in total. The number of methoxy groups -OCH3 is 1. The highest BCUT2D eigenvalue weighted by molar-refractivity contribution is 7.47. The van der Waals surface area contributed by atoms with E-state index in [9.17, 15) is 14.6 Å². The molecule has 1 rings (SSSR count). The Morgan fingerprint density at radius 3 is 2.57 bits per heavy atom. The summed E-state index contributed by atoms with van der Waals surface area (Å²) in [7, 11) is -4.17. The van der Waals surface area contributed by atoms with E-state index in [4.69, 9.17) is 13.8 Å². The zero-order valence-corrected chi connectivity index (χ0v) is 14.7. The van der Waals surface area contributed by atoms with Crippen LogP contribution in [0.1, 0.15) is 11.9 Å². The summed E-state index contributed by atoms with van der Waals surface area (Å²) in [6.45, 7) is 6.52. The minimum Gasteiger partial charge on any atom is -0.497 e. The van der Waals surface area contributed by atoms with Crippen molar-refractivity contribution in [3.8, 4) is 5.75 Å². The summed E-state index contributed by atoms with van der Waals surface area (Å²) in [6, 6.07) is 7.16. The zero-order valence-electron chi connectivity index (χ0n) is 12.8. The van der Waals surface area contributed by atoms with E-state index in [0.717, 1.165) is 6.04 Å². The molecular formula is C13H23O6PSi. The average molecular weight is 334 g/mol. The van der Waals surface area contributed by atoms with Crippen molar-refractivity contribution in [3.05, 3.63) is 29.8 Å². The molecule has 8 heteroatoms. The number of phosphoric ester groups is 1. The lowest BCUT2D eigenvalue weighted by molar-refractivity contribution is -0.0442. The van der Waals surface area contributed by atoms with Gasteiger partial charge in [-0.05, 0) is 18.2 Å². The number of phosphoric acid groups is 1. The van der Waals surface area contributed by atoms with Gasteiger partial charge in [0.2, 0.25) is 0 Å². The number of hydrogen-bond donors (Lipinski definition) is 2. The second-order valence-corrected chi connectivity index (χ2v) is 12.9. The summed E-state index contributed by atoms with van der Waals surface area (Å²) in [5.41, 5.74) is 0.317. The van der Waals surface area contributed by atoms with Gasteiger partial charge in [0.25, 0.3) is 0 Å². The minimum atomic E-state index is -4.29. The molecule has 0 saturated carbocycles. The highest BCUT2D eigenvalue weighted by Crippen LogP contribution is 2.47. The van der Waals surface area contributed by atoms with Crippen LogP contribution in [0.15, 0.2) is 24.3 Å². The van der Waals surface area contributed by atoms with Crippen LogP contribution >= 0.6 is 7.82 Å². The molecule has 0 aliphatic heterocycles. The van der Waals surface area contributed by atoms with E-state index in [1.165, 1.54) is 13.2 Å². The number of rotatable bonds is 8. The maximum atomic E-state index is 11.8. The van der Waals surface area contributed by atoms with Gasteiger partial charge >= 0.3 is 7.82 Å². The SMILES string of the molecule is COc1cccc(C(O)OP(=O)(O)OCC[Si](C)(C)C)c1. The first-order valence-electron chi connectivity index (χ1n) is 6.61. The van der Waals surface area contributed by atoms with E-state index < -0.39 is 22.2 Å². The van der Waals surface area contributed by atoms with Crippen molar-refractivity contribution in [1.82, 2.24) is 0 Å². The third kappa shape index (κ3) is 7.22. The van der Waals surface area contributed by atoms with E-state index in [2.05, 4.69) is 19.6 Å². The molecule has 0 aromatic heterocycles. The van der Waals surface area contributed by atoms with Crippen molar-refractivity contribution < 1.29 is 28.3 Å². The predicted molar refractivity (Wildman–Crippen MR) is 83.0 cm³/mol. The molecule has 0 bridgehead atoms. The monoisotopic (exact) mass is 334 g/mol. The number of aliphatic hydroxyl groups is 1. The fourth-order valence-corrected chi connectivity index (χ4v) is 3.12. The van der Waals surface area contributed by atoms with Gasteiger partial charge in [-0.25, -0.2) is 4.57 Å². The highest BCUT2D eigenvalue weighted by Gasteiger charge is 2.27. The van der Waals surface area contributed by atoms with Gasteiger partial charge < -0.3 is 14.7 Å². The Hall–Kier alpha value is -0.693. The number of hydrogen-bond acceptors (Lipinski definition) is 5. The first-order valence-corrected chi connectivity index (χ1v) is 11.8. The lowest BCUT2D eigenvalue weighted by atomic mass is 10.2. The van der Waals surface area contributed by atoms with Crippen LogP contribution in [0.25, 0.3) is 0 Å². The molecule has 0 aliphatic carbocycles. The first-order chi connectivity index (χ1) is 9.63. The largest absolute Gasteiger partial charge is 0.497 e. The summed E-state index contributed by atoms with van der Waals surface area (Å²) >= 11 is 0. The molecule has 21 heavy (non-hydrogen) atoms. The van der Waals surface area contributed by atoms with E-state index in [1.807, 2.05) is 0 Å². The molecule has 2 atom stereocenters. The molecule has 2 unspecified atom stereocenters. The van der Waals surface area contributed by atoms with Crippen molar-refractivity contribution in [1.29, 1.82) is 0 Å². The number of benzene rings is 1. The molecular weight excluding hydrogens is 311 g/mol. The lowest BCUT2D eigenvalue weighted by Gasteiger charge is -2.19. The van der Waals surface area contributed by atoms with E-state index in [0.29, 0.717) is 11.3 Å². The van der Waals surface area contributed by atoms with Crippen LogP contribution < -0.4 is 4.74 Å². The summed E-state index contributed by atoms with van der Waals surface area (Å²) in [5.74, 6) is 0.516. The second kappa shape index (κ2) is 7.53. The standard InChI is InChI=1S/C13H23O6PSi/c1-17-12-7-5-6-11(10-12)13(14)19-20(15,16)18-8-9-21(2,3)4/h5-7,10,13-14H,8-9H2,1-4H3,(H,15,16). The van der Waals surface area contributed by atoms with Gasteiger partial charge in [0.15, 0.2) is 6.29 Å². The van der Waals surface area contributed by atoms with Gasteiger partial charge in [-0.15, -0.1) is 0 Å². The zero-order chi connectivity index (χ0) is 16.1. The van der Waals surface area contributed by atoms with Gasteiger partial charge in [0.1, 0.15) is 5.75 Å². The van der Waals surface area contributed by atoms with Crippen LogP contribution in [-0.4, -0.2) is 31.8 Å². The second-order valence-electron chi connectivity index (χ2n) is 5.85. The fourth-order valence-electron chi connectivity index (χ4n) is 1.48. The van der Waals surface area contributed by atoms with Gasteiger partial charge in [0, 0.05) is 13.6 Å². The van der Waals surface area contributed by atoms with Crippen LogP contribution in [0.5, 0.6) is 5.75 Å². The van der Waals surface area contributed by atoms with Crippen LogP contribution in [0.3, 0.4) is 0 Å². The first kappa shape index (κ1) is 18.4. The van der Waals surface area contributed by atoms with Gasteiger partial charge in [-0.1, -0.05) is 31.8 Å². The molecule has 0 radical (unpaired) electrons. The Kier molecular flexibility index (Phi) is 6.59. The van der Waals surface area contributed by atoms with E-state index in [1.54, 1.807) is 18.2 Å². The van der Waals surface area contributed by atoms with Crippen molar-refractivity contribution in [3.63, 3.8) is 0 Å². The van der Waals surface area contributed by atoms with Crippen LogP contribution in [0, 0.1) is 0 Å². The Bertz CT molecular complexity index is 502. The molecule has 1 aromatic rings. The van der Waals surface area contributed by atoms with Crippen molar-refractivity contribution >= 4 is 15.9 Å². The third-order valence-electron chi connectivity index (χ3n) is 2.72. The van der Waals surface area contributed by atoms with E-state index in [-0.39, 0.29) is 6.61 Å². The Balaban J connectivity index is 2.59. The van der Waals surface area contributed by atoms with Gasteiger partial charge in [0.05, 0.1) is 13.7 Å². The summed E-state index contributed by atoms with van der Waals surface area (Å²) in [4.78, 5) is 9.60. The Morgan fingerprint density at radius 2 is 2.00 bits per heavy atom. The lowest BCUT2D eigenvalue weighted by Crippen LogP contribution is -2.21. The highest BCUT2D eigenvalue weighted by atomic mass is 31.2. The normalized spacial score (nSPS) is 16.3. The molecule has 120 valence electrons. The van der Waals surface area contributed by atoms with Gasteiger partial charge in [-0.3, -0.25) is 9.05 Å². The molecule has 0 amide bonds. The maximum Gasteiger partial charge on any atom is 0.474 e. The van der Waals surface area contributed by atoms with Gasteiger partial charge in [-0.2, -0.15) is 0 Å². The molecule has 1 aromatic carbocycles.